The van der Waals surface area contributed by atoms with Gasteiger partial charge in [0.1, 0.15) is 0 Å². The molecule has 0 aliphatic heterocycles. The average Bonchev–Trinajstić information content (AvgIpc) is 2.39. The molecule has 2 aromatic carbocycles. The smallest absolute Gasteiger partial charge is 0.165 e. The summed E-state index contributed by atoms with van der Waals surface area (Å²) in [6.07, 6.45) is 0. The molecule has 0 N–H and O–H groups in total. The summed E-state index contributed by atoms with van der Waals surface area (Å²) in [6, 6.07) is 13.1. The molecule has 0 aromatic heterocycles. The first-order chi connectivity index (χ1) is 9.11. The summed E-state index contributed by atoms with van der Waals surface area (Å²) in [6.45, 7) is 0.843. The van der Waals surface area contributed by atoms with Crippen molar-refractivity contribution in [2.75, 3.05) is 21.2 Å². The van der Waals surface area contributed by atoms with Gasteiger partial charge in [-0.15, -0.1) is 0 Å². The molecule has 2 aromatic rings. The van der Waals surface area contributed by atoms with Gasteiger partial charge in [0, 0.05) is 6.54 Å². The number of rotatable bonds is 4. The lowest BCUT2D eigenvalue weighted by atomic mass is 9.99. The van der Waals surface area contributed by atoms with Crippen molar-refractivity contribution < 1.29 is 9.13 Å². The van der Waals surface area contributed by atoms with Crippen molar-refractivity contribution in [2.24, 2.45) is 0 Å². The lowest BCUT2D eigenvalue weighted by Gasteiger charge is -2.15. The van der Waals surface area contributed by atoms with Crippen molar-refractivity contribution in [1.82, 2.24) is 4.90 Å². The van der Waals surface area contributed by atoms with Crippen molar-refractivity contribution in [3.8, 4) is 16.9 Å². The molecular formula is C16H18FNO. The van der Waals surface area contributed by atoms with Crippen LogP contribution in [0.5, 0.6) is 5.75 Å². The Balaban J connectivity index is 2.46. The van der Waals surface area contributed by atoms with Gasteiger partial charge in [-0.1, -0.05) is 30.3 Å². The normalized spacial score (nSPS) is 10.8. The van der Waals surface area contributed by atoms with E-state index in [0.717, 1.165) is 17.7 Å². The summed E-state index contributed by atoms with van der Waals surface area (Å²) in [7, 11) is 5.54. The van der Waals surface area contributed by atoms with E-state index in [1.54, 1.807) is 12.1 Å². The van der Waals surface area contributed by atoms with Gasteiger partial charge in [0.15, 0.2) is 11.6 Å². The summed E-state index contributed by atoms with van der Waals surface area (Å²) < 4.78 is 18.5. The highest BCUT2D eigenvalue weighted by molar-refractivity contribution is 5.68. The Kier molecular flexibility index (Phi) is 4.17. The third-order valence-electron chi connectivity index (χ3n) is 2.97. The fourth-order valence-corrected chi connectivity index (χ4v) is 2.11. The summed E-state index contributed by atoms with van der Waals surface area (Å²) in [5, 5.41) is 0. The van der Waals surface area contributed by atoms with E-state index in [-0.39, 0.29) is 11.6 Å². The van der Waals surface area contributed by atoms with Crippen LogP contribution in [0.1, 0.15) is 5.56 Å². The maximum absolute atomic E-state index is 13.5. The number of benzene rings is 2. The Labute approximate surface area is 113 Å². The average molecular weight is 259 g/mol. The maximum atomic E-state index is 13.5. The summed E-state index contributed by atoms with van der Waals surface area (Å²) in [4.78, 5) is 2.11. The van der Waals surface area contributed by atoms with Crippen LogP contribution in [0, 0.1) is 5.82 Å². The Morgan fingerprint density at radius 2 is 1.84 bits per heavy atom. The highest BCUT2D eigenvalue weighted by atomic mass is 19.1. The molecule has 0 radical (unpaired) electrons. The quantitative estimate of drug-likeness (QED) is 0.832. The second kappa shape index (κ2) is 5.85. The lowest BCUT2D eigenvalue weighted by Crippen LogP contribution is -2.11. The van der Waals surface area contributed by atoms with E-state index < -0.39 is 0 Å². The van der Waals surface area contributed by atoms with Gasteiger partial charge < -0.3 is 9.64 Å². The van der Waals surface area contributed by atoms with Gasteiger partial charge in [-0.2, -0.15) is 0 Å². The van der Waals surface area contributed by atoms with Crippen LogP contribution in [0.15, 0.2) is 42.5 Å². The van der Waals surface area contributed by atoms with E-state index in [0.29, 0.717) is 0 Å². The van der Waals surface area contributed by atoms with Gasteiger partial charge in [-0.25, -0.2) is 4.39 Å². The lowest BCUT2D eigenvalue weighted by molar-refractivity contribution is 0.386. The predicted octanol–water partition coefficient (Wildman–Crippen LogP) is 3.56. The van der Waals surface area contributed by atoms with Gasteiger partial charge in [0.05, 0.1) is 7.11 Å². The van der Waals surface area contributed by atoms with E-state index in [9.17, 15) is 4.39 Å². The van der Waals surface area contributed by atoms with E-state index in [4.69, 9.17) is 4.74 Å². The molecule has 0 heterocycles. The molecule has 0 atom stereocenters. The first-order valence-electron chi connectivity index (χ1n) is 6.18. The highest BCUT2D eigenvalue weighted by Crippen LogP contribution is 2.29. The molecule has 0 unspecified atom stereocenters. The van der Waals surface area contributed by atoms with E-state index in [1.165, 1.54) is 18.7 Å². The number of hydrogen-bond acceptors (Lipinski definition) is 2. The monoisotopic (exact) mass is 259 g/mol. The third-order valence-corrected chi connectivity index (χ3v) is 2.97. The zero-order valence-electron chi connectivity index (χ0n) is 11.5. The molecule has 2 nitrogen and oxygen atoms in total. The summed E-state index contributed by atoms with van der Waals surface area (Å²) in [5.74, 6) is -0.0616. The van der Waals surface area contributed by atoms with E-state index in [1.807, 2.05) is 32.3 Å². The standard InChI is InChI=1S/C16H18FNO/c1-18(2)11-13-6-4-5-7-14(13)12-8-9-15(17)16(10-12)19-3/h4-10H,11H2,1-3H3. The van der Waals surface area contributed by atoms with Gasteiger partial charge in [0.2, 0.25) is 0 Å². The van der Waals surface area contributed by atoms with Crippen molar-refractivity contribution >= 4 is 0 Å². The van der Waals surface area contributed by atoms with Crippen LogP contribution in [0.4, 0.5) is 4.39 Å². The predicted molar refractivity (Wildman–Crippen MR) is 75.8 cm³/mol. The molecule has 3 heteroatoms. The van der Waals surface area contributed by atoms with Gasteiger partial charge in [-0.05, 0) is 42.9 Å². The number of hydrogen-bond donors (Lipinski definition) is 0. The molecule has 0 amide bonds. The van der Waals surface area contributed by atoms with Crippen LogP contribution in [0.3, 0.4) is 0 Å². The molecule has 2 rings (SSSR count). The van der Waals surface area contributed by atoms with Gasteiger partial charge in [0.25, 0.3) is 0 Å². The molecule has 19 heavy (non-hydrogen) atoms. The second-order valence-corrected chi connectivity index (χ2v) is 4.74. The molecule has 0 aliphatic carbocycles. The van der Waals surface area contributed by atoms with Crippen LogP contribution in [-0.2, 0) is 6.54 Å². The Morgan fingerprint density at radius 1 is 1.11 bits per heavy atom. The van der Waals surface area contributed by atoms with E-state index in [2.05, 4.69) is 11.0 Å². The molecule has 0 bridgehead atoms. The fraction of sp³-hybridized carbons (Fsp3) is 0.250. The Morgan fingerprint density at radius 3 is 2.53 bits per heavy atom. The molecule has 0 saturated heterocycles. The van der Waals surface area contributed by atoms with Gasteiger partial charge in [-0.3, -0.25) is 0 Å². The summed E-state index contributed by atoms with van der Waals surface area (Å²) in [5.41, 5.74) is 3.28. The van der Waals surface area contributed by atoms with Crippen LogP contribution >= 0.6 is 0 Å². The maximum Gasteiger partial charge on any atom is 0.165 e. The number of halogens is 1. The highest BCUT2D eigenvalue weighted by Gasteiger charge is 2.09. The molecule has 0 spiro atoms. The SMILES string of the molecule is COc1cc(-c2ccccc2CN(C)C)ccc1F. The number of nitrogens with zero attached hydrogens (tertiary/aromatic N) is 1. The molecule has 0 aliphatic rings. The minimum absolute atomic E-state index is 0.275. The van der Waals surface area contributed by atoms with Crippen molar-refractivity contribution in [3.63, 3.8) is 0 Å². The largest absolute Gasteiger partial charge is 0.494 e. The molecule has 0 fully saturated rings. The molecule has 0 saturated carbocycles. The minimum Gasteiger partial charge on any atom is -0.494 e. The second-order valence-electron chi connectivity index (χ2n) is 4.74. The van der Waals surface area contributed by atoms with Crippen molar-refractivity contribution in [2.45, 2.75) is 6.54 Å². The zero-order valence-corrected chi connectivity index (χ0v) is 11.5. The third kappa shape index (κ3) is 3.12. The van der Waals surface area contributed by atoms with Crippen LogP contribution in [0.2, 0.25) is 0 Å². The van der Waals surface area contributed by atoms with E-state index >= 15 is 0 Å². The van der Waals surface area contributed by atoms with Crippen molar-refractivity contribution in [1.29, 1.82) is 0 Å². The van der Waals surface area contributed by atoms with Gasteiger partial charge >= 0.3 is 0 Å². The Bertz CT molecular complexity index is 566. The fourth-order valence-electron chi connectivity index (χ4n) is 2.11. The number of ether oxygens (including phenoxy) is 1. The topological polar surface area (TPSA) is 12.5 Å². The molecule has 100 valence electrons. The summed E-state index contributed by atoms with van der Waals surface area (Å²) >= 11 is 0. The zero-order chi connectivity index (χ0) is 13.8. The van der Waals surface area contributed by atoms with Crippen molar-refractivity contribution in [3.05, 3.63) is 53.8 Å². The molecular weight excluding hydrogens is 241 g/mol. The van der Waals surface area contributed by atoms with Crippen LogP contribution < -0.4 is 4.74 Å². The van der Waals surface area contributed by atoms with Crippen LogP contribution in [0.25, 0.3) is 11.1 Å². The first-order valence-corrected chi connectivity index (χ1v) is 6.18. The number of methoxy groups -OCH3 is 1. The van der Waals surface area contributed by atoms with Crippen LogP contribution in [-0.4, -0.2) is 26.1 Å². The Hall–Kier alpha value is -1.87. The first kappa shape index (κ1) is 13.6. The minimum atomic E-state index is -0.337.